The van der Waals surface area contributed by atoms with Gasteiger partial charge in [0.2, 0.25) is 0 Å². The second-order valence-electron chi connectivity index (χ2n) is 9.13. The quantitative estimate of drug-likeness (QED) is 0.764. The maximum absolute atomic E-state index is 13.3. The van der Waals surface area contributed by atoms with Crippen LogP contribution in [-0.4, -0.2) is 65.3 Å². The summed E-state index contributed by atoms with van der Waals surface area (Å²) >= 11 is 0. The Kier molecular flexibility index (Phi) is 5.77. The van der Waals surface area contributed by atoms with Crippen molar-refractivity contribution in [2.24, 2.45) is 0 Å². The fraction of sp³-hybridized carbons (Fsp3) is 0.462. The molecule has 0 saturated carbocycles. The standard InChI is InChI=1S/C26H31N3O2/c30-25(20-7-2-1-3-8-20)28-16-12-21-17-22(10-11-23(21)18-28)26(31)29-15-6-9-24(29)19-27-13-4-5-14-27/h1-3,7-8,10-11,17,24H,4-6,9,12-16,18-19H2. The minimum absolute atomic E-state index is 0.0771. The highest BCUT2D eigenvalue weighted by atomic mass is 16.2. The zero-order valence-corrected chi connectivity index (χ0v) is 18.1. The zero-order valence-electron chi connectivity index (χ0n) is 18.1. The van der Waals surface area contributed by atoms with Gasteiger partial charge in [0.05, 0.1) is 0 Å². The summed E-state index contributed by atoms with van der Waals surface area (Å²) in [5.41, 5.74) is 3.89. The lowest BCUT2D eigenvalue weighted by Gasteiger charge is -2.31. The Labute approximate surface area is 184 Å². The molecule has 2 fully saturated rings. The largest absolute Gasteiger partial charge is 0.334 e. The highest BCUT2D eigenvalue weighted by Crippen LogP contribution is 2.26. The molecule has 2 aromatic carbocycles. The molecule has 5 nitrogen and oxygen atoms in total. The van der Waals surface area contributed by atoms with E-state index in [4.69, 9.17) is 0 Å². The van der Waals surface area contributed by atoms with E-state index in [1.807, 2.05) is 41.3 Å². The van der Waals surface area contributed by atoms with E-state index in [0.717, 1.165) is 49.0 Å². The minimum Gasteiger partial charge on any atom is -0.334 e. The zero-order chi connectivity index (χ0) is 21.2. The van der Waals surface area contributed by atoms with Gasteiger partial charge in [-0.2, -0.15) is 0 Å². The van der Waals surface area contributed by atoms with Gasteiger partial charge in [0, 0.05) is 43.3 Å². The molecule has 3 aliphatic heterocycles. The molecule has 0 bridgehead atoms. The molecule has 0 radical (unpaired) electrons. The molecule has 162 valence electrons. The van der Waals surface area contributed by atoms with E-state index in [1.165, 1.54) is 31.5 Å². The molecule has 3 aliphatic rings. The van der Waals surface area contributed by atoms with Crippen molar-refractivity contribution in [1.29, 1.82) is 0 Å². The van der Waals surface area contributed by atoms with Gasteiger partial charge in [-0.15, -0.1) is 0 Å². The molecular formula is C26H31N3O2. The van der Waals surface area contributed by atoms with Crippen molar-refractivity contribution in [2.75, 3.05) is 32.7 Å². The molecular weight excluding hydrogens is 386 g/mol. The molecule has 2 aromatic rings. The van der Waals surface area contributed by atoms with Crippen LogP contribution in [0.4, 0.5) is 0 Å². The molecule has 0 aromatic heterocycles. The van der Waals surface area contributed by atoms with E-state index in [-0.39, 0.29) is 11.8 Å². The molecule has 0 spiro atoms. The number of amides is 2. The summed E-state index contributed by atoms with van der Waals surface area (Å²) in [5.74, 6) is 0.250. The van der Waals surface area contributed by atoms with Crippen LogP contribution < -0.4 is 0 Å². The summed E-state index contributed by atoms with van der Waals surface area (Å²) in [5, 5.41) is 0. The van der Waals surface area contributed by atoms with Crippen LogP contribution in [0.5, 0.6) is 0 Å². The minimum atomic E-state index is 0.0771. The first kappa shape index (κ1) is 20.3. The lowest BCUT2D eigenvalue weighted by molar-refractivity contribution is 0.0703. The van der Waals surface area contributed by atoms with Crippen LogP contribution in [-0.2, 0) is 13.0 Å². The highest BCUT2D eigenvalue weighted by molar-refractivity contribution is 5.95. The number of nitrogens with zero attached hydrogens (tertiary/aromatic N) is 3. The fourth-order valence-corrected chi connectivity index (χ4v) is 5.34. The van der Waals surface area contributed by atoms with E-state index in [0.29, 0.717) is 19.1 Å². The van der Waals surface area contributed by atoms with Crippen LogP contribution >= 0.6 is 0 Å². The molecule has 31 heavy (non-hydrogen) atoms. The molecule has 5 rings (SSSR count). The van der Waals surface area contributed by atoms with E-state index < -0.39 is 0 Å². The monoisotopic (exact) mass is 417 g/mol. The third kappa shape index (κ3) is 4.24. The third-order valence-electron chi connectivity index (χ3n) is 7.08. The molecule has 1 atom stereocenters. The van der Waals surface area contributed by atoms with Gasteiger partial charge in [-0.3, -0.25) is 9.59 Å². The maximum atomic E-state index is 13.3. The topological polar surface area (TPSA) is 43.9 Å². The van der Waals surface area contributed by atoms with Gasteiger partial charge in [-0.05, 0) is 80.6 Å². The third-order valence-corrected chi connectivity index (χ3v) is 7.08. The first-order valence-corrected chi connectivity index (χ1v) is 11.7. The molecule has 0 N–H and O–H groups in total. The number of fused-ring (bicyclic) bond motifs is 1. The average molecular weight is 418 g/mol. The SMILES string of the molecule is O=C(c1ccccc1)N1CCc2cc(C(=O)N3CCCC3CN3CCCC3)ccc2C1. The van der Waals surface area contributed by atoms with Crippen LogP contribution in [0.3, 0.4) is 0 Å². The van der Waals surface area contributed by atoms with Gasteiger partial charge in [-0.1, -0.05) is 24.3 Å². The number of carbonyl (C=O) groups is 2. The summed E-state index contributed by atoms with van der Waals surface area (Å²) < 4.78 is 0. The molecule has 1 unspecified atom stereocenters. The number of carbonyl (C=O) groups excluding carboxylic acids is 2. The summed E-state index contributed by atoms with van der Waals surface area (Å²) in [6.45, 7) is 5.55. The van der Waals surface area contributed by atoms with Crippen molar-refractivity contribution in [3.63, 3.8) is 0 Å². The van der Waals surface area contributed by atoms with Crippen molar-refractivity contribution >= 4 is 11.8 Å². The molecule has 5 heteroatoms. The smallest absolute Gasteiger partial charge is 0.254 e. The van der Waals surface area contributed by atoms with Gasteiger partial charge >= 0.3 is 0 Å². The number of hydrogen-bond donors (Lipinski definition) is 0. The van der Waals surface area contributed by atoms with Crippen LogP contribution in [0.15, 0.2) is 48.5 Å². The van der Waals surface area contributed by atoms with Gasteiger partial charge in [0.25, 0.3) is 11.8 Å². The average Bonchev–Trinajstić information content (AvgIpc) is 3.50. The van der Waals surface area contributed by atoms with Gasteiger partial charge in [0.15, 0.2) is 0 Å². The van der Waals surface area contributed by atoms with E-state index in [1.54, 1.807) is 0 Å². The number of benzene rings is 2. The summed E-state index contributed by atoms with van der Waals surface area (Å²) in [7, 11) is 0. The van der Waals surface area contributed by atoms with Crippen molar-refractivity contribution in [3.05, 3.63) is 70.8 Å². The Balaban J connectivity index is 1.27. The second-order valence-corrected chi connectivity index (χ2v) is 9.13. The molecule has 2 saturated heterocycles. The summed E-state index contributed by atoms with van der Waals surface area (Å²) in [6.07, 6.45) is 5.59. The Morgan fingerprint density at radius 2 is 1.61 bits per heavy atom. The molecule has 2 amide bonds. The normalized spacial score (nSPS) is 21.4. The predicted molar refractivity (Wildman–Crippen MR) is 121 cm³/mol. The van der Waals surface area contributed by atoms with Crippen molar-refractivity contribution in [2.45, 2.75) is 44.7 Å². The lowest BCUT2D eigenvalue weighted by atomic mass is 9.96. The second kappa shape index (κ2) is 8.83. The van der Waals surface area contributed by atoms with E-state index in [9.17, 15) is 9.59 Å². The Bertz CT molecular complexity index is 952. The summed E-state index contributed by atoms with van der Waals surface area (Å²) in [4.78, 5) is 32.6. The lowest BCUT2D eigenvalue weighted by Crippen LogP contribution is -2.42. The molecule has 0 aliphatic carbocycles. The van der Waals surface area contributed by atoms with Crippen LogP contribution in [0.25, 0.3) is 0 Å². The Morgan fingerprint density at radius 1 is 0.806 bits per heavy atom. The number of likely N-dealkylation sites (tertiary alicyclic amines) is 2. The Morgan fingerprint density at radius 3 is 2.42 bits per heavy atom. The van der Waals surface area contributed by atoms with Gasteiger partial charge in [-0.25, -0.2) is 0 Å². The van der Waals surface area contributed by atoms with E-state index in [2.05, 4.69) is 21.9 Å². The van der Waals surface area contributed by atoms with Crippen molar-refractivity contribution < 1.29 is 9.59 Å². The predicted octanol–water partition coefficient (Wildman–Crippen LogP) is 3.59. The fourth-order valence-electron chi connectivity index (χ4n) is 5.34. The van der Waals surface area contributed by atoms with Gasteiger partial charge < -0.3 is 14.7 Å². The van der Waals surface area contributed by atoms with Crippen LogP contribution in [0.2, 0.25) is 0 Å². The first-order valence-electron chi connectivity index (χ1n) is 11.7. The Hall–Kier alpha value is -2.66. The maximum Gasteiger partial charge on any atom is 0.254 e. The van der Waals surface area contributed by atoms with Crippen molar-refractivity contribution in [3.8, 4) is 0 Å². The van der Waals surface area contributed by atoms with Crippen LogP contribution in [0, 0.1) is 0 Å². The number of rotatable bonds is 4. The first-order chi connectivity index (χ1) is 15.2. The summed E-state index contributed by atoms with van der Waals surface area (Å²) in [6, 6.07) is 15.9. The van der Waals surface area contributed by atoms with Crippen molar-refractivity contribution in [1.82, 2.24) is 14.7 Å². The van der Waals surface area contributed by atoms with E-state index >= 15 is 0 Å². The number of hydrogen-bond acceptors (Lipinski definition) is 3. The van der Waals surface area contributed by atoms with Crippen LogP contribution in [0.1, 0.15) is 57.5 Å². The highest BCUT2D eigenvalue weighted by Gasteiger charge is 2.32. The van der Waals surface area contributed by atoms with Gasteiger partial charge in [0.1, 0.15) is 0 Å². The molecule has 3 heterocycles.